The predicted octanol–water partition coefficient (Wildman–Crippen LogP) is 1.96. The highest BCUT2D eigenvalue weighted by Gasteiger charge is 2.41. The van der Waals surface area contributed by atoms with Gasteiger partial charge in [-0.3, -0.25) is 4.79 Å². The normalized spacial score (nSPS) is 36.3. The van der Waals surface area contributed by atoms with E-state index < -0.39 is 0 Å². The number of esters is 1. The monoisotopic (exact) mass is 213 g/mol. The minimum absolute atomic E-state index is 0.0508. The van der Waals surface area contributed by atoms with Crippen LogP contribution in [0.15, 0.2) is 0 Å². The molecule has 0 bridgehead atoms. The number of hydrogen-bond acceptors (Lipinski definition) is 3. The van der Waals surface area contributed by atoms with E-state index in [1.54, 1.807) is 0 Å². The Bertz CT molecular complexity index is 230. The highest BCUT2D eigenvalue weighted by atomic mass is 16.5. The van der Waals surface area contributed by atoms with Crippen molar-refractivity contribution >= 4 is 5.97 Å². The van der Waals surface area contributed by atoms with Crippen LogP contribution in [0.25, 0.3) is 0 Å². The summed E-state index contributed by atoms with van der Waals surface area (Å²) in [4.78, 5) is 11.4. The van der Waals surface area contributed by atoms with Crippen molar-refractivity contribution < 1.29 is 9.53 Å². The van der Waals surface area contributed by atoms with Gasteiger partial charge in [0.2, 0.25) is 0 Å². The van der Waals surface area contributed by atoms with E-state index in [4.69, 9.17) is 4.74 Å². The Kier molecular flexibility index (Phi) is 4.14. The summed E-state index contributed by atoms with van der Waals surface area (Å²) < 4.78 is 4.78. The Morgan fingerprint density at radius 1 is 1.47 bits per heavy atom. The lowest BCUT2D eigenvalue weighted by atomic mass is 9.68. The van der Waals surface area contributed by atoms with Crippen molar-refractivity contribution in [2.45, 2.75) is 45.1 Å². The number of rotatable bonds is 3. The summed E-state index contributed by atoms with van der Waals surface area (Å²) in [6.07, 6.45) is 4.02. The third-order valence-corrected chi connectivity index (χ3v) is 3.93. The number of hydrogen-bond donors (Lipinski definition) is 1. The molecule has 1 aliphatic carbocycles. The first-order chi connectivity index (χ1) is 7.04. The summed E-state index contributed by atoms with van der Waals surface area (Å²) in [6.45, 7) is 4.49. The van der Waals surface area contributed by atoms with Crippen molar-refractivity contribution in [3.63, 3.8) is 0 Å². The quantitative estimate of drug-likeness (QED) is 0.728. The zero-order valence-electron chi connectivity index (χ0n) is 10.3. The lowest BCUT2D eigenvalue weighted by molar-refractivity contribution is -0.143. The summed E-state index contributed by atoms with van der Waals surface area (Å²) in [6, 6.07) is 0. The molecule has 0 aromatic carbocycles. The van der Waals surface area contributed by atoms with Crippen LogP contribution < -0.4 is 5.32 Å². The molecule has 1 fully saturated rings. The van der Waals surface area contributed by atoms with Gasteiger partial charge in [-0.25, -0.2) is 0 Å². The zero-order valence-corrected chi connectivity index (χ0v) is 10.3. The van der Waals surface area contributed by atoms with E-state index in [-0.39, 0.29) is 11.5 Å². The third kappa shape index (κ3) is 2.71. The van der Waals surface area contributed by atoms with Crippen LogP contribution in [0.1, 0.15) is 39.5 Å². The first-order valence-electron chi connectivity index (χ1n) is 5.80. The van der Waals surface area contributed by atoms with E-state index in [1.807, 2.05) is 7.05 Å². The summed E-state index contributed by atoms with van der Waals surface area (Å²) in [5, 5.41) is 3.36. The van der Waals surface area contributed by atoms with Crippen LogP contribution in [0.4, 0.5) is 0 Å². The minimum atomic E-state index is -0.106. The molecule has 3 nitrogen and oxygen atoms in total. The van der Waals surface area contributed by atoms with E-state index >= 15 is 0 Å². The van der Waals surface area contributed by atoms with Crippen molar-refractivity contribution in [3.8, 4) is 0 Å². The van der Waals surface area contributed by atoms with E-state index in [9.17, 15) is 4.79 Å². The van der Waals surface area contributed by atoms with Crippen molar-refractivity contribution in [2.75, 3.05) is 14.2 Å². The average Bonchev–Trinajstić information content (AvgIpc) is 2.23. The molecular weight excluding hydrogens is 190 g/mol. The Morgan fingerprint density at radius 3 is 2.67 bits per heavy atom. The molecule has 0 radical (unpaired) electrons. The topological polar surface area (TPSA) is 38.3 Å². The molecule has 3 atom stereocenters. The molecule has 0 aliphatic heterocycles. The van der Waals surface area contributed by atoms with Gasteiger partial charge < -0.3 is 10.1 Å². The lowest BCUT2D eigenvalue weighted by Crippen LogP contribution is -2.53. The predicted molar refractivity (Wildman–Crippen MR) is 60.6 cm³/mol. The maximum absolute atomic E-state index is 11.4. The molecule has 0 aromatic heterocycles. The Balaban J connectivity index is 2.75. The smallest absolute Gasteiger partial charge is 0.307 e. The maximum atomic E-state index is 11.4. The summed E-state index contributed by atoms with van der Waals surface area (Å²) in [5.74, 6) is 1.13. The molecule has 1 saturated carbocycles. The number of carbonyl (C=O) groups is 1. The van der Waals surface area contributed by atoms with Crippen LogP contribution in [0, 0.1) is 11.8 Å². The van der Waals surface area contributed by atoms with Gasteiger partial charge in [-0.2, -0.15) is 0 Å². The second kappa shape index (κ2) is 4.97. The molecule has 1 aliphatic rings. The van der Waals surface area contributed by atoms with Gasteiger partial charge in [-0.15, -0.1) is 0 Å². The Morgan fingerprint density at radius 2 is 2.13 bits per heavy atom. The van der Waals surface area contributed by atoms with Gasteiger partial charge in [0.05, 0.1) is 13.5 Å². The minimum Gasteiger partial charge on any atom is -0.469 e. The van der Waals surface area contributed by atoms with Gasteiger partial charge in [0, 0.05) is 5.54 Å². The van der Waals surface area contributed by atoms with Crippen molar-refractivity contribution in [1.29, 1.82) is 0 Å². The summed E-state index contributed by atoms with van der Waals surface area (Å²) >= 11 is 0. The second-order valence-electron chi connectivity index (χ2n) is 4.95. The van der Waals surface area contributed by atoms with E-state index in [0.717, 1.165) is 6.42 Å². The van der Waals surface area contributed by atoms with Crippen LogP contribution in [-0.2, 0) is 9.53 Å². The van der Waals surface area contributed by atoms with Gasteiger partial charge in [-0.1, -0.05) is 20.3 Å². The van der Waals surface area contributed by atoms with Crippen LogP contribution in [0.3, 0.4) is 0 Å². The highest BCUT2D eigenvalue weighted by Crippen LogP contribution is 2.38. The number of methoxy groups -OCH3 is 1. The molecule has 0 saturated heterocycles. The molecule has 1 rings (SSSR count). The largest absolute Gasteiger partial charge is 0.469 e. The first-order valence-corrected chi connectivity index (χ1v) is 5.80. The van der Waals surface area contributed by atoms with Gasteiger partial charge in [-0.05, 0) is 31.7 Å². The standard InChI is InChI=1S/C12H23NO2/c1-9-5-6-10(2)12(7-9,13-3)8-11(14)15-4/h9-10,13H,5-8H2,1-4H3. The molecule has 3 unspecified atom stereocenters. The van der Waals surface area contributed by atoms with Crippen LogP contribution in [0.5, 0.6) is 0 Å². The van der Waals surface area contributed by atoms with Gasteiger partial charge in [0.25, 0.3) is 0 Å². The van der Waals surface area contributed by atoms with Crippen molar-refractivity contribution in [3.05, 3.63) is 0 Å². The molecule has 3 heteroatoms. The Hall–Kier alpha value is -0.570. The molecule has 15 heavy (non-hydrogen) atoms. The van der Waals surface area contributed by atoms with E-state index in [2.05, 4.69) is 19.2 Å². The Labute approximate surface area is 92.6 Å². The van der Waals surface area contributed by atoms with Crippen molar-refractivity contribution in [1.82, 2.24) is 5.32 Å². The SMILES string of the molecule is CNC1(CC(=O)OC)CC(C)CCC1C. The summed E-state index contributed by atoms with van der Waals surface area (Å²) in [5.41, 5.74) is -0.0508. The van der Waals surface area contributed by atoms with Crippen molar-refractivity contribution in [2.24, 2.45) is 11.8 Å². The highest BCUT2D eigenvalue weighted by molar-refractivity contribution is 5.70. The first kappa shape index (κ1) is 12.5. The number of nitrogens with one attached hydrogen (secondary N) is 1. The molecule has 1 N–H and O–H groups in total. The third-order valence-electron chi connectivity index (χ3n) is 3.93. The summed E-state index contributed by atoms with van der Waals surface area (Å²) in [7, 11) is 3.42. The van der Waals surface area contributed by atoms with Gasteiger partial charge in [0.15, 0.2) is 0 Å². The van der Waals surface area contributed by atoms with Gasteiger partial charge >= 0.3 is 5.97 Å². The van der Waals surface area contributed by atoms with Crippen LogP contribution >= 0.6 is 0 Å². The molecule has 0 aromatic rings. The second-order valence-corrected chi connectivity index (χ2v) is 4.95. The molecule has 88 valence electrons. The molecule has 0 spiro atoms. The molecular formula is C12H23NO2. The maximum Gasteiger partial charge on any atom is 0.307 e. The number of ether oxygens (including phenoxy) is 1. The fraction of sp³-hybridized carbons (Fsp3) is 0.917. The fourth-order valence-corrected chi connectivity index (χ4v) is 2.75. The lowest BCUT2D eigenvalue weighted by Gasteiger charge is -2.44. The van der Waals surface area contributed by atoms with Gasteiger partial charge in [0.1, 0.15) is 0 Å². The molecule has 0 heterocycles. The average molecular weight is 213 g/mol. The number of carbonyl (C=O) groups excluding carboxylic acids is 1. The molecule has 0 amide bonds. The van der Waals surface area contributed by atoms with E-state index in [0.29, 0.717) is 18.3 Å². The fourth-order valence-electron chi connectivity index (χ4n) is 2.75. The van der Waals surface area contributed by atoms with Crippen LogP contribution in [-0.4, -0.2) is 25.7 Å². The zero-order chi connectivity index (χ0) is 11.5. The van der Waals surface area contributed by atoms with E-state index in [1.165, 1.54) is 20.0 Å². The van der Waals surface area contributed by atoms with Crippen LogP contribution in [0.2, 0.25) is 0 Å².